The number of hydrogen-bond acceptors (Lipinski definition) is 6. The van der Waals surface area contributed by atoms with Crippen molar-refractivity contribution in [1.82, 2.24) is 14.8 Å². The Kier molecular flexibility index (Phi) is 6.44. The molecule has 0 bridgehead atoms. The van der Waals surface area contributed by atoms with Crippen LogP contribution in [0.3, 0.4) is 0 Å². The molecule has 7 nitrogen and oxygen atoms in total. The maximum Gasteiger partial charge on any atom is 0.212 e. The van der Waals surface area contributed by atoms with Gasteiger partial charge in [-0.05, 0) is 55.0 Å². The summed E-state index contributed by atoms with van der Waals surface area (Å²) in [6.45, 7) is 3.87. The van der Waals surface area contributed by atoms with Crippen LogP contribution in [0.2, 0.25) is 0 Å². The SMILES string of the molecule is CCOc1ccc(-c2ccnn2-c2ccc(-c3ccc(OC)nc3)cc2)cc1O[C@@H]1CCOC1. The molecule has 0 spiro atoms. The fraction of sp³-hybridized carbons (Fsp3) is 0.259. The Morgan fingerprint density at radius 1 is 0.971 bits per heavy atom. The van der Waals surface area contributed by atoms with Gasteiger partial charge < -0.3 is 18.9 Å². The summed E-state index contributed by atoms with van der Waals surface area (Å²) in [5.41, 5.74) is 5.03. The molecule has 5 rings (SSSR count). The lowest BCUT2D eigenvalue weighted by molar-refractivity contribution is 0.138. The quantitative estimate of drug-likeness (QED) is 0.363. The molecule has 0 unspecified atom stereocenters. The molecule has 2 aromatic heterocycles. The first-order chi connectivity index (χ1) is 16.7. The Labute approximate surface area is 198 Å². The number of methoxy groups -OCH3 is 1. The predicted molar refractivity (Wildman–Crippen MR) is 130 cm³/mol. The van der Waals surface area contributed by atoms with Crippen LogP contribution < -0.4 is 14.2 Å². The highest BCUT2D eigenvalue weighted by Crippen LogP contribution is 2.35. The number of aromatic nitrogens is 3. The minimum absolute atomic E-state index is 0.0411. The van der Waals surface area contributed by atoms with E-state index >= 15 is 0 Å². The second-order valence-corrected chi connectivity index (χ2v) is 7.96. The minimum Gasteiger partial charge on any atom is -0.490 e. The van der Waals surface area contributed by atoms with E-state index in [1.165, 1.54) is 0 Å². The van der Waals surface area contributed by atoms with E-state index in [4.69, 9.17) is 18.9 Å². The number of hydrogen-bond donors (Lipinski definition) is 0. The topological polar surface area (TPSA) is 67.6 Å². The van der Waals surface area contributed by atoms with Crippen LogP contribution in [0.15, 0.2) is 73.1 Å². The smallest absolute Gasteiger partial charge is 0.212 e. The summed E-state index contributed by atoms with van der Waals surface area (Å²) >= 11 is 0. The van der Waals surface area contributed by atoms with Gasteiger partial charge in [-0.2, -0.15) is 5.10 Å². The standard InChI is InChI=1S/C27H27N3O4/c1-3-33-25-10-6-20(16-26(25)34-23-13-15-32-18-23)24-12-14-29-30(24)22-8-4-19(5-9-22)21-7-11-27(31-2)28-17-21/h4-12,14,16-17,23H,3,13,15,18H2,1-2H3/t23-/m1/s1. The Morgan fingerprint density at radius 2 is 1.79 bits per heavy atom. The number of rotatable bonds is 8. The molecule has 174 valence electrons. The molecule has 4 aromatic rings. The molecule has 1 atom stereocenters. The second-order valence-electron chi connectivity index (χ2n) is 7.96. The Morgan fingerprint density at radius 3 is 2.50 bits per heavy atom. The van der Waals surface area contributed by atoms with Crippen LogP contribution in [0.4, 0.5) is 0 Å². The van der Waals surface area contributed by atoms with Crippen molar-refractivity contribution in [2.75, 3.05) is 26.9 Å². The van der Waals surface area contributed by atoms with E-state index < -0.39 is 0 Å². The van der Waals surface area contributed by atoms with Crippen LogP contribution in [0, 0.1) is 0 Å². The van der Waals surface area contributed by atoms with Gasteiger partial charge in [-0.25, -0.2) is 9.67 Å². The summed E-state index contributed by atoms with van der Waals surface area (Å²) in [5.74, 6) is 2.06. The van der Waals surface area contributed by atoms with Crippen LogP contribution in [0.1, 0.15) is 13.3 Å². The van der Waals surface area contributed by atoms with E-state index in [9.17, 15) is 0 Å². The normalized spacial score (nSPS) is 15.3. The maximum atomic E-state index is 6.23. The summed E-state index contributed by atoms with van der Waals surface area (Å²) < 4.78 is 24.6. The highest BCUT2D eigenvalue weighted by atomic mass is 16.6. The van der Waals surface area contributed by atoms with Gasteiger partial charge in [0.25, 0.3) is 0 Å². The van der Waals surface area contributed by atoms with Gasteiger partial charge in [0.15, 0.2) is 11.5 Å². The lowest BCUT2D eigenvalue weighted by atomic mass is 10.1. The predicted octanol–water partition coefficient (Wildman–Crippen LogP) is 5.18. The van der Waals surface area contributed by atoms with Crippen molar-refractivity contribution in [3.63, 3.8) is 0 Å². The Hall–Kier alpha value is -3.84. The lowest BCUT2D eigenvalue weighted by Gasteiger charge is -2.17. The van der Waals surface area contributed by atoms with Crippen molar-refractivity contribution in [1.29, 1.82) is 0 Å². The van der Waals surface area contributed by atoms with Crippen molar-refractivity contribution in [2.24, 2.45) is 0 Å². The summed E-state index contributed by atoms with van der Waals surface area (Å²) in [4.78, 5) is 4.29. The average Bonchev–Trinajstić information content (AvgIpc) is 3.58. The van der Waals surface area contributed by atoms with Gasteiger partial charge in [0.2, 0.25) is 5.88 Å². The van der Waals surface area contributed by atoms with Gasteiger partial charge in [-0.15, -0.1) is 0 Å². The molecule has 0 amide bonds. The van der Waals surface area contributed by atoms with Crippen LogP contribution in [-0.4, -0.2) is 47.8 Å². The van der Waals surface area contributed by atoms with Gasteiger partial charge in [0.1, 0.15) is 6.10 Å². The van der Waals surface area contributed by atoms with Crippen molar-refractivity contribution in [3.05, 3.63) is 73.1 Å². The molecule has 34 heavy (non-hydrogen) atoms. The maximum absolute atomic E-state index is 6.23. The summed E-state index contributed by atoms with van der Waals surface area (Å²) in [7, 11) is 1.61. The van der Waals surface area contributed by atoms with E-state index in [0.29, 0.717) is 19.1 Å². The number of ether oxygens (including phenoxy) is 4. The van der Waals surface area contributed by atoms with E-state index in [2.05, 4.69) is 34.3 Å². The van der Waals surface area contributed by atoms with Gasteiger partial charge in [-0.3, -0.25) is 0 Å². The van der Waals surface area contributed by atoms with Crippen molar-refractivity contribution < 1.29 is 18.9 Å². The highest BCUT2D eigenvalue weighted by Gasteiger charge is 2.20. The zero-order valence-electron chi connectivity index (χ0n) is 19.3. The molecule has 0 saturated carbocycles. The van der Waals surface area contributed by atoms with E-state index in [1.807, 2.05) is 54.2 Å². The van der Waals surface area contributed by atoms with E-state index in [-0.39, 0.29) is 6.10 Å². The van der Waals surface area contributed by atoms with Gasteiger partial charge in [0, 0.05) is 29.8 Å². The molecule has 7 heteroatoms. The summed E-state index contributed by atoms with van der Waals surface area (Å²) in [5, 5.41) is 4.58. The molecule has 1 aliphatic rings. The zero-order valence-corrected chi connectivity index (χ0v) is 19.3. The van der Waals surface area contributed by atoms with Crippen molar-refractivity contribution in [2.45, 2.75) is 19.4 Å². The Bertz CT molecular complexity index is 1230. The lowest BCUT2D eigenvalue weighted by Crippen LogP contribution is -2.16. The van der Waals surface area contributed by atoms with Gasteiger partial charge >= 0.3 is 0 Å². The first-order valence-corrected chi connectivity index (χ1v) is 11.4. The molecular weight excluding hydrogens is 430 g/mol. The summed E-state index contributed by atoms with van der Waals surface area (Å²) in [6.07, 6.45) is 4.53. The molecule has 0 aliphatic carbocycles. The van der Waals surface area contributed by atoms with E-state index in [1.54, 1.807) is 13.3 Å². The molecule has 2 aromatic carbocycles. The van der Waals surface area contributed by atoms with Crippen LogP contribution in [0.5, 0.6) is 17.4 Å². The first kappa shape index (κ1) is 22.0. The summed E-state index contributed by atoms with van der Waals surface area (Å²) in [6, 6.07) is 20.1. The van der Waals surface area contributed by atoms with Crippen LogP contribution in [-0.2, 0) is 4.74 Å². The minimum atomic E-state index is 0.0411. The molecule has 0 radical (unpaired) electrons. The van der Waals surface area contributed by atoms with Gasteiger partial charge in [-0.1, -0.05) is 12.1 Å². The largest absolute Gasteiger partial charge is 0.490 e. The molecule has 1 saturated heterocycles. The third kappa shape index (κ3) is 4.61. The average molecular weight is 458 g/mol. The second kappa shape index (κ2) is 9.97. The third-order valence-electron chi connectivity index (χ3n) is 5.75. The van der Waals surface area contributed by atoms with Crippen molar-refractivity contribution in [3.8, 4) is 45.5 Å². The molecular formula is C27H27N3O4. The van der Waals surface area contributed by atoms with E-state index in [0.717, 1.165) is 52.6 Å². The van der Waals surface area contributed by atoms with Gasteiger partial charge in [0.05, 0.1) is 44.5 Å². The van der Waals surface area contributed by atoms with Crippen LogP contribution in [0.25, 0.3) is 28.1 Å². The molecule has 1 aliphatic heterocycles. The molecule has 0 N–H and O–H groups in total. The highest BCUT2D eigenvalue weighted by molar-refractivity contribution is 5.68. The Balaban J connectivity index is 1.43. The number of nitrogens with zero attached hydrogens (tertiary/aromatic N) is 3. The van der Waals surface area contributed by atoms with Crippen molar-refractivity contribution >= 4 is 0 Å². The zero-order chi connectivity index (χ0) is 23.3. The third-order valence-corrected chi connectivity index (χ3v) is 5.75. The fourth-order valence-electron chi connectivity index (χ4n) is 4.01. The van der Waals surface area contributed by atoms with Crippen LogP contribution >= 0.6 is 0 Å². The first-order valence-electron chi connectivity index (χ1n) is 11.4. The fourth-order valence-corrected chi connectivity index (χ4v) is 4.01. The number of benzene rings is 2. The monoisotopic (exact) mass is 457 g/mol. The molecule has 1 fully saturated rings. The number of pyridine rings is 1. The molecule has 3 heterocycles.